The number of hydrogen-bond donors (Lipinski definition) is 0. The van der Waals surface area contributed by atoms with Gasteiger partial charge < -0.3 is 14.2 Å². The Kier molecular flexibility index (Phi) is 4.16. The van der Waals surface area contributed by atoms with E-state index in [0.29, 0.717) is 36.2 Å². The first kappa shape index (κ1) is 17.1. The number of hydrogen-bond acceptors (Lipinski definition) is 6. The van der Waals surface area contributed by atoms with Crippen LogP contribution >= 0.6 is 34.5 Å². The Hall–Kier alpha value is -2.00. The van der Waals surface area contributed by atoms with Crippen molar-refractivity contribution in [2.24, 2.45) is 0 Å². The summed E-state index contributed by atoms with van der Waals surface area (Å²) in [4.78, 5) is 19.4. The van der Waals surface area contributed by atoms with Gasteiger partial charge in [0.05, 0.1) is 40.4 Å². The van der Waals surface area contributed by atoms with Gasteiger partial charge in [0, 0.05) is 11.9 Å². The lowest BCUT2D eigenvalue weighted by molar-refractivity contribution is -0.0569. The fourth-order valence-electron chi connectivity index (χ4n) is 3.65. The number of fused-ring (bicyclic) bond motifs is 4. The van der Waals surface area contributed by atoms with Crippen molar-refractivity contribution < 1.29 is 9.53 Å². The van der Waals surface area contributed by atoms with Gasteiger partial charge in [0.2, 0.25) is 0 Å². The number of carbonyl (C=O) groups is 1. The highest BCUT2D eigenvalue weighted by Crippen LogP contribution is 2.37. The van der Waals surface area contributed by atoms with Crippen LogP contribution < -0.4 is 0 Å². The monoisotopic (exact) mass is 421 g/mol. The third kappa shape index (κ3) is 2.67. The van der Waals surface area contributed by atoms with Gasteiger partial charge in [-0.15, -0.1) is 21.5 Å². The molecule has 1 amide bonds. The lowest BCUT2D eigenvalue weighted by atomic mass is 10.0. The molecular formula is C17H13Cl2N5O2S. The molecule has 2 unspecified atom stereocenters. The van der Waals surface area contributed by atoms with Crippen LogP contribution in [0.1, 0.15) is 22.2 Å². The van der Waals surface area contributed by atoms with E-state index in [4.69, 9.17) is 27.9 Å². The number of ether oxygens (including phenoxy) is 1. The molecule has 2 aromatic heterocycles. The molecule has 2 aliphatic rings. The van der Waals surface area contributed by atoms with Crippen LogP contribution in [0.5, 0.6) is 0 Å². The highest BCUT2D eigenvalue weighted by molar-refractivity contribution is 7.07. The lowest BCUT2D eigenvalue weighted by Gasteiger charge is -2.45. The summed E-state index contributed by atoms with van der Waals surface area (Å²) >= 11 is 13.9. The highest BCUT2D eigenvalue weighted by atomic mass is 35.5. The zero-order chi connectivity index (χ0) is 18.5. The summed E-state index contributed by atoms with van der Waals surface area (Å²) in [7, 11) is 0. The van der Waals surface area contributed by atoms with Gasteiger partial charge in [-0.3, -0.25) is 4.79 Å². The first-order valence-electron chi connectivity index (χ1n) is 8.31. The molecule has 5 rings (SSSR count). The second kappa shape index (κ2) is 6.56. The van der Waals surface area contributed by atoms with E-state index in [9.17, 15) is 4.79 Å². The van der Waals surface area contributed by atoms with E-state index in [0.717, 1.165) is 11.5 Å². The summed E-state index contributed by atoms with van der Waals surface area (Å²) in [5.41, 5.74) is 2.94. The van der Waals surface area contributed by atoms with Crippen molar-refractivity contribution in [1.82, 2.24) is 24.6 Å². The van der Waals surface area contributed by atoms with E-state index >= 15 is 0 Å². The Bertz CT molecular complexity index is 1020. The number of carbonyl (C=O) groups excluding carboxylic acids is 1. The molecule has 2 bridgehead atoms. The number of aromatic nitrogens is 4. The molecule has 10 heteroatoms. The molecule has 0 spiro atoms. The lowest BCUT2D eigenvalue weighted by Crippen LogP contribution is -2.56. The van der Waals surface area contributed by atoms with Crippen molar-refractivity contribution in [2.45, 2.75) is 18.6 Å². The summed E-state index contributed by atoms with van der Waals surface area (Å²) in [5, 5.41) is 11.2. The number of nitrogens with zero attached hydrogens (tertiary/aromatic N) is 5. The van der Waals surface area contributed by atoms with Crippen LogP contribution in [0.15, 0.2) is 29.1 Å². The Labute approximate surface area is 168 Å². The minimum Gasteiger partial charge on any atom is -0.377 e. The van der Waals surface area contributed by atoms with Gasteiger partial charge in [-0.25, -0.2) is 4.98 Å². The van der Waals surface area contributed by atoms with Crippen molar-refractivity contribution in [3.63, 3.8) is 0 Å². The van der Waals surface area contributed by atoms with Crippen LogP contribution in [-0.4, -0.2) is 49.8 Å². The average molecular weight is 422 g/mol. The molecule has 1 saturated heterocycles. The molecule has 138 valence electrons. The molecule has 4 heterocycles. The predicted molar refractivity (Wildman–Crippen MR) is 101 cm³/mol. The first-order chi connectivity index (χ1) is 13.1. The van der Waals surface area contributed by atoms with Gasteiger partial charge in [0.25, 0.3) is 5.91 Å². The second-order valence-corrected chi connectivity index (χ2v) is 7.89. The van der Waals surface area contributed by atoms with Gasteiger partial charge in [0.1, 0.15) is 11.7 Å². The topological polar surface area (TPSA) is 73.1 Å². The largest absolute Gasteiger partial charge is 0.377 e. The molecule has 1 aromatic carbocycles. The van der Waals surface area contributed by atoms with Gasteiger partial charge in [-0.1, -0.05) is 29.3 Å². The second-order valence-electron chi connectivity index (χ2n) is 6.39. The Morgan fingerprint density at radius 1 is 1.26 bits per heavy atom. The number of benzene rings is 1. The van der Waals surface area contributed by atoms with Crippen LogP contribution in [-0.2, 0) is 11.3 Å². The maximum absolute atomic E-state index is 13.3. The standard InChI is InChI=1S/C17H13Cl2N5O2S/c18-11-3-1-2-10(14(11)19)17(25)24-9-4-23-15(12-7-27-8-20-12)21-22-16(23)13(24)6-26-5-9/h1-3,7-9,13H,4-6H2. The molecule has 27 heavy (non-hydrogen) atoms. The summed E-state index contributed by atoms with van der Waals surface area (Å²) < 4.78 is 7.75. The van der Waals surface area contributed by atoms with Gasteiger partial charge in [-0.05, 0) is 12.1 Å². The maximum atomic E-state index is 13.3. The van der Waals surface area contributed by atoms with Crippen molar-refractivity contribution in [3.05, 3.63) is 50.5 Å². The molecule has 0 N–H and O–H groups in total. The van der Waals surface area contributed by atoms with Crippen LogP contribution in [0.3, 0.4) is 0 Å². The zero-order valence-electron chi connectivity index (χ0n) is 13.9. The summed E-state index contributed by atoms with van der Waals surface area (Å²) in [5.74, 6) is 1.24. The number of amides is 1. The summed E-state index contributed by atoms with van der Waals surface area (Å²) in [6.45, 7) is 1.33. The molecule has 0 saturated carbocycles. The quantitative estimate of drug-likeness (QED) is 0.634. The number of halogens is 2. The molecule has 0 radical (unpaired) electrons. The van der Waals surface area contributed by atoms with Gasteiger partial charge >= 0.3 is 0 Å². The number of rotatable bonds is 2. The minimum absolute atomic E-state index is 0.146. The number of morpholine rings is 1. The van der Waals surface area contributed by atoms with Crippen molar-refractivity contribution in [2.75, 3.05) is 13.2 Å². The molecule has 1 fully saturated rings. The zero-order valence-corrected chi connectivity index (χ0v) is 16.2. The van der Waals surface area contributed by atoms with Gasteiger partial charge in [0.15, 0.2) is 11.6 Å². The molecule has 3 aromatic rings. The van der Waals surface area contributed by atoms with Gasteiger partial charge in [-0.2, -0.15) is 0 Å². The predicted octanol–water partition coefficient (Wildman–Crippen LogP) is 3.30. The van der Waals surface area contributed by atoms with Crippen molar-refractivity contribution in [3.8, 4) is 11.5 Å². The first-order valence-corrected chi connectivity index (χ1v) is 10.0. The molecule has 2 aliphatic heterocycles. The minimum atomic E-state index is -0.333. The third-order valence-corrected chi connectivity index (χ3v) is 6.27. The molecule has 7 nitrogen and oxygen atoms in total. The fraction of sp³-hybridized carbons (Fsp3) is 0.294. The average Bonchev–Trinajstić information content (AvgIpc) is 3.32. The summed E-state index contributed by atoms with van der Waals surface area (Å²) in [6.07, 6.45) is 0. The molecule has 2 atom stereocenters. The molecular weight excluding hydrogens is 409 g/mol. The van der Waals surface area contributed by atoms with E-state index in [1.807, 2.05) is 9.95 Å². The van der Waals surface area contributed by atoms with E-state index in [1.54, 1.807) is 28.6 Å². The van der Waals surface area contributed by atoms with Crippen LogP contribution in [0, 0.1) is 0 Å². The highest BCUT2D eigenvalue weighted by Gasteiger charge is 2.44. The van der Waals surface area contributed by atoms with E-state index < -0.39 is 0 Å². The SMILES string of the molecule is O=C(c1cccc(Cl)c1Cl)N1C2COCC1c1nnc(-c3cscn3)n1C2. The fourth-order valence-corrected chi connectivity index (χ4v) is 4.56. The van der Waals surface area contributed by atoms with Crippen LogP contribution in [0.4, 0.5) is 0 Å². The van der Waals surface area contributed by atoms with E-state index in [1.165, 1.54) is 11.3 Å². The maximum Gasteiger partial charge on any atom is 0.256 e. The Morgan fingerprint density at radius 3 is 2.96 bits per heavy atom. The summed E-state index contributed by atoms with van der Waals surface area (Å²) in [6, 6.07) is 4.60. The molecule has 0 aliphatic carbocycles. The smallest absolute Gasteiger partial charge is 0.256 e. The van der Waals surface area contributed by atoms with Crippen LogP contribution in [0.25, 0.3) is 11.5 Å². The normalized spacial score (nSPS) is 21.2. The Balaban J connectivity index is 1.57. The van der Waals surface area contributed by atoms with Crippen molar-refractivity contribution in [1.29, 1.82) is 0 Å². The van der Waals surface area contributed by atoms with E-state index in [2.05, 4.69) is 15.2 Å². The van der Waals surface area contributed by atoms with Crippen LogP contribution in [0.2, 0.25) is 10.0 Å². The van der Waals surface area contributed by atoms with Crippen molar-refractivity contribution >= 4 is 40.4 Å². The van der Waals surface area contributed by atoms with E-state index in [-0.39, 0.29) is 23.0 Å². The Morgan fingerprint density at radius 2 is 2.15 bits per heavy atom. The third-order valence-electron chi connectivity index (χ3n) is 4.86. The number of thiazole rings is 1.